The van der Waals surface area contributed by atoms with E-state index in [1.54, 1.807) is 0 Å². The molecule has 0 heterocycles. The Labute approximate surface area is 74.7 Å². The molecule has 0 saturated heterocycles. The van der Waals surface area contributed by atoms with Gasteiger partial charge < -0.3 is 14.9 Å². The number of aliphatic hydroxyl groups excluding tert-OH is 1. The zero-order valence-corrected chi connectivity index (χ0v) is 6.73. The molecule has 1 rings (SSSR count). The number of aromatic hydroxyl groups is 1. The Kier molecular flexibility index (Phi) is 2.54. The lowest BCUT2D eigenvalue weighted by Crippen LogP contribution is -2.09. The molecule has 4 heteroatoms. The molecule has 1 aromatic rings. The van der Waals surface area contributed by atoms with Gasteiger partial charge in [-0.2, -0.15) is 0 Å². The number of carbonyl (C=O) groups is 1. The van der Waals surface area contributed by atoms with Gasteiger partial charge in [-0.3, -0.25) is 0 Å². The minimum atomic E-state index is -0.911. The first-order chi connectivity index (χ1) is 6.09. The van der Waals surface area contributed by atoms with E-state index in [2.05, 4.69) is 11.3 Å². The van der Waals surface area contributed by atoms with Crippen LogP contribution >= 0.6 is 0 Å². The van der Waals surface area contributed by atoms with E-state index >= 15 is 0 Å². The van der Waals surface area contributed by atoms with Crippen molar-refractivity contribution in [3.05, 3.63) is 36.6 Å². The molecule has 0 unspecified atom stereocenters. The molecule has 0 spiro atoms. The van der Waals surface area contributed by atoms with Gasteiger partial charge in [-0.05, 0) is 30.8 Å². The summed E-state index contributed by atoms with van der Waals surface area (Å²) in [6.07, 6.45) is 0. The molecule has 2 N–H and O–H groups in total. The summed E-state index contributed by atoms with van der Waals surface area (Å²) < 4.78 is 4.63. The van der Waals surface area contributed by atoms with Gasteiger partial charge in [-0.1, -0.05) is 0 Å². The molecule has 0 aromatic heterocycles. The molecular weight excluding hydrogens is 172 g/mol. The average Bonchev–Trinajstić information content (AvgIpc) is 2.08. The van der Waals surface area contributed by atoms with Gasteiger partial charge >= 0.3 is 5.97 Å². The van der Waals surface area contributed by atoms with Crippen molar-refractivity contribution in [2.45, 2.75) is 0 Å². The number of carbonyl (C=O) groups excluding carboxylic acids is 1. The minimum absolute atomic E-state index is 0.0719. The number of aliphatic hydroxyl groups is 1. The van der Waals surface area contributed by atoms with Gasteiger partial charge in [0.1, 0.15) is 11.5 Å². The first kappa shape index (κ1) is 9.12. The molecule has 0 radical (unpaired) electrons. The van der Waals surface area contributed by atoms with Crippen molar-refractivity contribution < 1.29 is 19.7 Å². The van der Waals surface area contributed by atoms with Crippen LogP contribution in [0.2, 0.25) is 0 Å². The molecule has 4 nitrogen and oxygen atoms in total. The van der Waals surface area contributed by atoms with Crippen molar-refractivity contribution in [2.75, 3.05) is 0 Å². The van der Waals surface area contributed by atoms with Gasteiger partial charge in [-0.25, -0.2) is 4.79 Å². The second kappa shape index (κ2) is 3.62. The molecule has 0 bridgehead atoms. The van der Waals surface area contributed by atoms with Gasteiger partial charge in [0, 0.05) is 0 Å². The Morgan fingerprint density at radius 3 is 2.31 bits per heavy atom. The lowest BCUT2D eigenvalue weighted by Gasteiger charge is -2.01. The highest BCUT2D eigenvalue weighted by atomic mass is 16.5. The molecule has 0 amide bonds. The van der Waals surface area contributed by atoms with Crippen LogP contribution in [0.5, 0.6) is 11.5 Å². The zero-order valence-electron chi connectivity index (χ0n) is 6.73. The summed E-state index contributed by atoms with van der Waals surface area (Å²) in [5.74, 6) is -1.26. The number of hydrogen-bond acceptors (Lipinski definition) is 4. The van der Waals surface area contributed by atoms with E-state index in [-0.39, 0.29) is 11.5 Å². The van der Waals surface area contributed by atoms with E-state index in [0.29, 0.717) is 0 Å². The van der Waals surface area contributed by atoms with Crippen molar-refractivity contribution >= 4 is 5.97 Å². The number of phenols is 1. The largest absolute Gasteiger partial charge is 0.508 e. The first-order valence-corrected chi connectivity index (χ1v) is 3.48. The monoisotopic (exact) mass is 180 g/mol. The summed E-state index contributed by atoms with van der Waals surface area (Å²) in [7, 11) is 0. The van der Waals surface area contributed by atoms with Crippen molar-refractivity contribution in [1.29, 1.82) is 0 Å². The van der Waals surface area contributed by atoms with Crippen molar-refractivity contribution in [3.63, 3.8) is 0 Å². The smallest absolute Gasteiger partial charge is 0.378 e. The number of phenolic OH excluding ortho intramolecular Hbond substituents is 1. The molecule has 1 aromatic carbocycles. The predicted molar refractivity (Wildman–Crippen MR) is 45.5 cm³/mol. The lowest BCUT2D eigenvalue weighted by atomic mass is 10.3. The summed E-state index contributed by atoms with van der Waals surface area (Å²) in [5.41, 5.74) is 0. The maximum Gasteiger partial charge on any atom is 0.378 e. The van der Waals surface area contributed by atoms with Crippen molar-refractivity contribution in [3.8, 4) is 11.5 Å². The van der Waals surface area contributed by atoms with Crippen LogP contribution in [0.3, 0.4) is 0 Å². The second-order valence-corrected chi connectivity index (χ2v) is 2.33. The van der Waals surface area contributed by atoms with Gasteiger partial charge in [-0.15, -0.1) is 0 Å². The predicted octanol–water partition coefficient (Wildman–Crippen LogP) is 1.37. The quantitative estimate of drug-likeness (QED) is 0.312. The number of rotatable bonds is 2. The maximum absolute atomic E-state index is 10.8. The third-order valence-electron chi connectivity index (χ3n) is 1.28. The summed E-state index contributed by atoms with van der Waals surface area (Å²) in [6.45, 7) is 3.00. The standard InChI is InChI=1S/C9H8O4/c1-6(10)9(12)13-8-4-2-7(11)3-5-8/h2-5,10-11H,1H2. The Hall–Kier alpha value is -1.97. The molecule has 68 valence electrons. The topological polar surface area (TPSA) is 66.8 Å². The molecule has 13 heavy (non-hydrogen) atoms. The fraction of sp³-hybridized carbons (Fsp3) is 0. The maximum atomic E-state index is 10.8. The van der Waals surface area contributed by atoms with Crippen LogP contribution in [-0.2, 0) is 4.79 Å². The van der Waals surface area contributed by atoms with E-state index in [1.807, 2.05) is 0 Å². The van der Waals surface area contributed by atoms with Crippen molar-refractivity contribution in [2.24, 2.45) is 0 Å². The fourth-order valence-electron chi connectivity index (χ4n) is 0.680. The zero-order chi connectivity index (χ0) is 9.84. The summed E-state index contributed by atoms with van der Waals surface area (Å²) in [5, 5.41) is 17.5. The van der Waals surface area contributed by atoms with Gasteiger partial charge in [0.15, 0.2) is 5.76 Å². The Morgan fingerprint density at radius 2 is 1.85 bits per heavy atom. The molecule has 0 aliphatic heterocycles. The molecule has 0 atom stereocenters. The molecule has 0 saturated carbocycles. The van der Waals surface area contributed by atoms with Crippen LogP contribution in [0.15, 0.2) is 36.6 Å². The highest BCUT2D eigenvalue weighted by molar-refractivity contribution is 5.86. The van der Waals surface area contributed by atoms with Crippen LogP contribution in [0.4, 0.5) is 0 Å². The van der Waals surface area contributed by atoms with Crippen LogP contribution in [0, 0.1) is 0 Å². The summed E-state index contributed by atoms with van der Waals surface area (Å²) in [4.78, 5) is 10.8. The van der Waals surface area contributed by atoms with Crippen LogP contribution < -0.4 is 4.74 Å². The lowest BCUT2D eigenvalue weighted by molar-refractivity contribution is -0.132. The SMILES string of the molecule is C=C(O)C(=O)Oc1ccc(O)cc1. The third-order valence-corrected chi connectivity index (χ3v) is 1.28. The van der Waals surface area contributed by atoms with E-state index in [1.165, 1.54) is 24.3 Å². The van der Waals surface area contributed by atoms with Crippen LogP contribution in [-0.4, -0.2) is 16.2 Å². The van der Waals surface area contributed by atoms with E-state index in [4.69, 9.17) is 10.2 Å². The van der Waals surface area contributed by atoms with E-state index in [9.17, 15) is 4.79 Å². The number of esters is 1. The van der Waals surface area contributed by atoms with Gasteiger partial charge in [0.2, 0.25) is 0 Å². The summed E-state index contributed by atoms with van der Waals surface area (Å²) >= 11 is 0. The number of ether oxygens (including phenoxy) is 1. The summed E-state index contributed by atoms with van der Waals surface area (Å²) in [6, 6.07) is 5.53. The first-order valence-electron chi connectivity index (χ1n) is 3.48. The molecule has 0 fully saturated rings. The third kappa shape index (κ3) is 2.52. The Bertz CT molecular complexity index is 326. The van der Waals surface area contributed by atoms with Gasteiger partial charge in [0.25, 0.3) is 0 Å². The number of benzene rings is 1. The fourth-order valence-corrected chi connectivity index (χ4v) is 0.680. The normalized spacial score (nSPS) is 9.23. The minimum Gasteiger partial charge on any atom is -0.508 e. The molecule has 0 aliphatic carbocycles. The van der Waals surface area contributed by atoms with Gasteiger partial charge in [0.05, 0.1) is 0 Å². The van der Waals surface area contributed by atoms with Crippen LogP contribution in [0.25, 0.3) is 0 Å². The Morgan fingerprint density at radius 1 is 1.31 bits per heavy atom. The Balaban J connectivity index is 2.70. The van der Waals surface area contributed by atoms with Crippen LogP contribution in [0.1, 0.15) is 0 Å². The molecular formula is C9H8O4. The van der Waals surface area contributed by atoms with E-state index in [0.717, 1.165) is 0 Å². The highest BCUT2D eigenvalue weighted by Gasteiger charge is 2.06. The molecule has 0 aliphatic rings. The highest BCUT2D eigenvalue weighted by Crippen LogP contribution is 2.16. The number of hydrogen-bond donors (Lipinski definition) is 2. The average molecular weight is 180 g/mol. The second-order valence-electron chi connectivity index (χ2n) is 2.33. The van der Waals surface area contributed by atoms with E-state index < -0.39 is 11.7 Å². The van der Waals surface area contributed by atoms with Crippen molar-refractivity contribution in [1.82, 2.24) is 0 Å².